The maximum absolute atomic E-state index is 5.96. The first-order chi connectivity index (χ1) is 14.1. The summed E-state index contributed by atoms with van der Waals surface area (Å²) in [6.45, 7) is 5.20. The molecule has 3 rings (SSSR count). The van der Waals surface area contributed by atoms with Crippen molar-refractivity contribution in [3.8, 4) is 17.2 Å². The van der Waals surface area contributed by atoms with Crippen LogP contribution in [-0.2, 0) is 6.54 Å². The van der Waals surface area contributed by atoms with Gasteiger partial charge in [-0.15, -0.1) is 0 Å². The first-order valence-corrected chi connectivity index (χ1v) is 9.43. The Balaban J connectivity index is 1.87. The topological polar surface area (TPSA) is 77.3 Å². The average molecular weight is 397 g/mol. The minimum Gasteiger partial charge on any atom is -0.493 e. The van der Waals surface area contributed by atoms with E-state index in [0.29, 0.717) is 29.8 Å². The van der Waals surface area contributed by atoms with Crippen LogP contribution in [0.2, 0.25) is 0 Å². The van der Waals surface area contributed by atoms with E-state index in [-0.39, 0.29) is 0 Å². The largest absolute Gasteiger partial charge is 0.493 e. The van der Waals surface area contributed by atoms with E-state index >= 15 is 0 Å². The third kappa shape index (κ3) is 4.39. The van der Waals surface area contributed by atoms with Crippen LogP contribution in [0.25, 0.3) is 11.0 Å². The zero-order valence-corrected chi connectivity index (χ0v) is 17.5. The monoisotopic (exact) mass is 397 g/mol. The fraction of sp³-hybridized carbons (Fsp3) is 0.318. The van der Waals surface area contributed by atoms with Crippen molar-refractivity contribution in [2.24, 2.45) is 4.99 Å². The number of hydrogen-bond acceptors (Lipinski definition) is 5. The summed E-state index contributed by atoms with van der Waals surface area (Å²) in [6, 6.07) is 11.7. The summed E-state index contributed by atoms with van der Waals surface area (Å²) < 4.78 is 22.2. The summed E-state index contributed by atoms with van der Waals surface area (Å²) in [4.78, 5) is 4.68. The molecule has 2 aromatic carbocycles. The number of para-hydroxylation sites is 1. The number of nitrogens with zero attached hydrogens (tertiary/aromatic N) is 1. The molecule has 3 aromatic rings. The molecule has 154 valence electrons. The second-order valence-electron chi connectivity index (χ2n) is 6.38. The number of guanidine groups is 1. The van der Waals surface area contributed by atoms with Crippen LogP contribution >= 0.6 is 0 Å². The number of ether oxygens (including phenoxy) is 3. The van der Waals surface area contributed by atoms with Gasteiger partial charge in [0.05, 0.1) is 21.3 Å². The molecular weight excluding hydrogens is 370 g/mol. The van der Waals surface area contributed by atoms with E-state index in [1.54, 1.807) is 21.3 Å². The number of rotatable bonds is 7. The molecule has 0 spiro atoms. The van der Waals surface area contributed by atoms with Crippen LogP contribution in [0.15, 0.2) is 45.8 Å². The molecular formula is C22H27N3O4. The number of aliphatic imine (C=N–C) groups is 1. The lowest BCUT2D eigenvalue weighted by Crippen LogP contribution is -2.30. The quantitative estimate of drug-likeness (QED) is 0.456. The number of methoxy groups -OCH3 is 3. The van der Waals surface area contributed by atoms with Gasteiger partial charge in [-0.05, 0) is 19.9 Å². The lowest BCUT2D eigenvalue weighted by Gasteiger charge is -2.16. The number of fused-ring (bicyclic) bond motifs is 1. The lowest BCUT2D eigenvalue weighted by molar-refractivity contribution is 0.324. The molecule has 0 amide bonds. The summed E-state index contributed by atoms with van der Waals surface area (Å²) in [5.41, 5.74) is 2.74. The van der Waals surface area contributed by atoms with E-state index in [2.05, 4.69) is 28.6 Å². The smallest absolute Gasteiger partial charge is 0.203 e. The van der Waals surface area contributed by atoms with Gasteiger partial charge in [-0.25, -0.2) is 4.99 Å². The van der Waals surface area contributed by atoms with Crippen LogP contribution in [0.4, 0.5) is 5.69 Å². The van der Waals surface area contributed by atoms with Crippen molar-refractivity contribution in [1.82, 2.24) is 5.32 Å². The lowest BCUT2D eigenvalue weighted by atomic mass is 10.1. The molecule has 2 N–H and O–H groups in total. The summed E-state index contributed by atoms with van der Waals surface area (Å²) in [5, 5.41) is 7.64. The fourth-order valence-corrected chi connectivity index (χ4v) is 3.12. The van der Waals surface area contributed by atoms with E-state index < -0.39 is 0 Å². The van der Waals surface area contributed by atoms with Gasteiger partial charge in [0.25, 0.3) is 0 Å². The Bertz CT molecular complexity index is 985. The SMILES string of the molecule is CCNC(=NCc1oc2ccccc2c1C)Nc1cc(OC)c(OC)c(OC)c1. The third-order valence-electron chi connectivity index (χ3n) is 4.59. The van der Waals surface area contributed by atoms with Gasteiger partial charge in [0, 0.05) is 35.3 Å². The zero-order chi connectivity index (χ0) is 20.8. The first-order valence-electron chi connectivity index (χ1n) is 9.43. The molecule has 0 radical (unpaired) electrons. The molecule has 0 saturated heterocycles. The predicted octanol–water partition coefficient (Wildman–Crippen LogP) is 4.34. The maximum atomic E-state index is 5.96. The molecule has 0 atom stereocenters. The molecule has 1 heterocycles. The highest BCUT2D eigenvalue weighted by molar-refractivity contribution is 5.94. The number of nitrogens with one attached hydrogen (secondary N) is 2. The highest BCUT2D eigenvalue weighted by Gasteiger charge is 2.14. The highest BCUT2D eigenvalue weighted by Crippen LogP contribution is 2.39. The molecule has 0 bridgehead atoms. The second-order valence-corrected chi connectivity index (χ2v) is 6.38. The molecule has 7 heteroatoms. The molecule has 0 aliphatic carbocycles. The van der Waals surface area contributed by atoms with Crippen molar-refractivity contribution in [2.45, 2.75) is 20.4 Å². The molecule has 0 saturated carbocycles. The Morgan fingerprint density at radius 3 is 2.31 bits per heavy atom. The minimum absolute atomic E-state index is 0.417. The van der Waals surface area contributed by atoms with Crippen LogP contribution < -0.4 is 24.8 Å². The van der Waals surface area contributed by atoms with Gasteiger partial charge in [0.15, 0.2) is 17.5 Å². The number of benzene rings is 2. The third-order valence-corrected chi connectivity index (χ3v) is 4.59. The van der Waals surface area contributed by atoms with Crippen LogP contribution in [-0.4, -0.2) is 33.8 Å². The predicted molar refractivity (Wildman–Crippen MR) is 115 cm³/mol. The van der Waals surface area contributed by atoms with Gasteiger partial charge in [0.1, 0.15) is 17.9 Å². The van der Waals surface area contributed by atoms with E-state index in [1.165, 1.54) is 0 Å². The first kappa shape index (κ1) is 20.4. The Morgan fingerprint density at radius 2 is 1.72 bits per heavy atom. The Kier molecular flexibility index (Phi) is 6.49. The number of furan rings is 1. The van der Waals surface area contributed by atoms with E-state index in [4.69, 9.17) is 18.6 Å². The summed E-state index contributed by atoms with van der Waals surface area (Å²) in [5.74, 6) is 3.15. The summed E-state index contributed by atoms with van der Waals surface area (Å²) in [7, 11) is 4.75. The number of aryl methyl sites for hydroxylation is 1. The van der Waals surface area contributed by atoms with Crippen molar-refractivity contribution in [3.63, 3.8) is 0 Å². The molecule has 0 aliphatic heterocycles. The van der Waals surface area contributed by atoms with Gasteiger partial charge in [-0.2, -0.15) is 0 Å². The van der Waals surface area contributed by atoms with Crippen LogP contribution in [0.1, 0.15) is 18.2 Å². The highest BCUT2D eigenvalue weighted by atomic mass is 16.5. The van der Waals surface area contributed by atoms with Crippen molar-refractivity contribution in [3.05, 3.63) is 47.7 Å². The summed E-state index contributed by atoms with van der Waals surface area (Å²) >= 11 is 0. The standard InChI is InChI=1S/C22H27N3O4/c1-6-23-22(24-13-20-14(2)16-9-7-8-10-17(16)29-20)25-15-11-18(26-3)21(28-5)19(12-15)27-4/h7-12H,6,13H2,1-5H3,(H2,23,24,25). The number of anilines is 1. The van der Waals surface area contributed by atoms with E-state index in [1.807, 2.05) is 37.3 Å². The van der Waals surface area contributed by atoms with Gasteiger partial charge in [-0.1, -0.05) is 18.2 Å². The Hall–Kier alpha value is -3.35. The van der Waals surface area contributed by atoms with Crippen LogP contribution in [0.3, 0.4) is 0 Å². The Labute approximate surface area is 170 Å². The second kappa shape index (κ2) is 9.23. The van der Waals surface area contributed by atoms with Gasteiger partial charge < -0.3 is 29.3 Å². The van der Waals surface area contributed by atoms with Gasteiger partial charge >= 0.3 is 0 Å². The zero-order valence-electron chi connectivity index (χ0n) is 17.5. The van der Waals surface area contributed by atoms with Gasteiger partial charge in [-0.3, -0.25) is 0 Å². The van der Waals surface area contributed by atoms with Crippen LogP contribution in [0.5, 0.6) is 17.2 Å². The van der Waals surface area contributed by atoms with Crippen molar-refractivity contribution >= 4 is 22.6 Å². The molecule has 29 heavy (non-hydrogen) atoms. The van der Waals surface area contributed by atoms with Crippen molar-refractivity contribution < 1.29 is 18.6 Å². The molecule has 1 aromatic heterocycles. The molecule has 7 nitrogen and oxygen atoms in total. The van der Waals surface area contributed by atoms with Crippen LogP contribution in [0, 0.1) is 6.92 Å². The Morgan fingerprint density at radius 1 is 1.03 bits per heavy atom. The molecule has 0 fully saturated rings. The fourth-order valence-electron chi connectivity index (χ4n) is 3.12. The van der Waals surface area contributed by atoms with Crippen molar-refractivity contribution in [1.29, 1.82) is 0 Å². The summed E-state index contributed by atoms with van der Waals surface area (Å²) in [6.07, 6.45) is 0. The normalized spacial score (nSPS) is 11.4. The maximum Gasteiger partial charge on any atom is 0.203 e. The van der Waals surface area contributed by atoms with Gasteiger partial charge in [0.2, 0.25) is 5.75 Å². The average Bonchev–Trinajstić information content (AvgIpc) is 3.07. The minimum atomic E-state index is 0.417. The number of hydrogen-bond donors (Lipinski definition) is 2. The molecule has 0 unspecified atom stereocenters. The van der Waals surface area contributed by atoms with E-state index in [9.17, 15) is 0 Å². The van der Waals surface area contributed by atoms with E-state index in [0.717, 1.165) is 34.5 Å². The van der Waals surface area contributed by atoms with Crippen molar-refractivity contribution in [2.75, 3.05) is 33.2 Å². The molecule has 0 aliphatic rings.